The molecule has 5 nitrogen and oxygen atoms in total. The van der Waals surface area contributed by atoms with Crippen LogP contribution < -0.4 is 0 Å². The lowest BCUT2D eigenvalue weighted by Crippen LogP contribution is -2.13. The minimum atomic E-state index is 0.946. The molecule has 0 amide bonds. The Morgan fingerprint density at radius 2 is 1.24 bits per heavy atom. The average Bonchev–Trinajstić information content (AvgIpc) is 3.18. The van der Waals surface area contributed by atoms with Gasteiger partial charge >= 0.3 is 0 Å². The number of nitrogens with zero attached hydrogens (tertiary/aromatic N) is 5. The lowest BCUT2D eigenvalue weighted by atomic mass is 10.0. The summed E-state index contributed by atoms with van der Waals surface area (Å²) in [6, 6.07) is 17.8. The maximum Gasteiger partial charge on any atom is 0.0959 e. The van der Waals surface area contributed by atoms with Gasteiger partial charge in [-0.2, -0.15) is 5.10 Å². The summed E-state index contributed by atoms with van der Waals surface area (Å²) >= 11 is 0. The first-order chi connectivity index (χ1) is 15.8. The molecule has 0 aliphatic carbocycles. The van der Waals surface area contributed by atoms with Crippen LogP contribution in [0.25, 0.3) is 16.9 Å². The van der Waals surface area contributed by atoms with Crippen molar-refractivity contribution in [1.29, 1.82) is 0 Å². The quantitative estimate of drug-likeness (QED) is 0.406. The Balaban J connectivity index is 1.82. The molecule has 0 fully saturated rings. The van der Waals surface area contributed by atoms with E-state index in [4.69, 9.17) is 5.10 Å². The molecule has 2 aromatic carbocycles. The van der Waals surface area contributed by atoms with Gasteiger partial charge in [-0.3, -0.25) is 0 Å². The normalized spacial score (nSPS) is 11.8. The highest BCUT2D eigenvalue weighted by molar-refractivity contribution is 5.63. The molecule has 0 saturated carbocycles. The standard InChI is InChI=1S/C28H41N5/c1-30(2)19-7-9-23-11-15-25(16-12-23)28-26(10-8-20-31(3)4)22-33(29-28)27-17-13-24(14-18-27)21-32(5)6/h11-18,22H,7-10,19-21H2,1-6H3. The van der Waals surface area contributed by atoms with Crippen LogP contribution in [0.3, 0.4) is 0 Å². The van der Waals surface area contributed by atoms with Crippen LogP contribution in [0.15, 0.2) is 54.7 Å². The molecular weight excluding hydrogens is 406 g/mol. The molecule has 33 heavy (non-hydrogen) atoms. The van der Waals surface area contributed by atoms with Crippen molar-refractivity contribution < 1.29 is 0 Å². The molecule has 0 unspecified atom stereocenters. The van der Waals surface area contributed by atoms with Gasteiger partial charge in [0.25, 0.3) is 0 Å². The zero-order valence-corrected chi connectivity index (χ0v) is 21.4. The summed E-state index contributed by atoms with van der Waals surface area (Å²) in [6.07, 6.45) is 6.66. The molecule has 3 aromatic rings. The van der Waals surface area contributed by atoms with E-state index in [9.17, 15) is 0 Å². The predicted molar refractivity (Wildman–Crippen MR) is 140 cm³/mol. The van der Waals surface area contributed by atoms with Crippen molar-refractivity contribution in [2.45, 2.75) is 32.2 Å². The van der Waals surface area contributed by atoms with E-state index in [-0.39, 0.29) is 0 Å². The van der Waals surface area contributed by atoms with E-state index < -0.39 is 0 Å². The third kappa shape index (κ3) is 7.81. The lowest BCUT2D eigenvalue weighted by Gasteiger charge is -2.10. The molecule has 0 aliphatic rings. The van der Waals surface area contributed by atoms with Gasteiger partial charge in [-0.25, -0.2) is 4.68 Å². The van der Waals surface area contributed by atoms with Gasteiger partial charge in [-0.05, 0) is 110 Å². The third-order valence-electron chi connectivity index (χ3n) is 5.84. The largest absolute Gasteiger partial charge is 0.309 e. The Labute approximate surface area is 200 Å². The summed E-state index contributed by atoms with van der Waals surface area (Å²) in [5, 5.41) is 5.04. The van der Waals surface area contributed by atoms with Gasteiger partial charge in [0.15, 0.2) is 0 Å². The maximum atomic E-state index is 5.04. The molecular formula is C28H41N5. The van der Waals surface area contributed by atoms with Crippen LogP contribution in [-0.2, 0) is 19.4 Å². The first kappa shape index (κ1) is 25.2. The highest BCUT2D eigenvalue weighted by atomic mass is 15.3. The van der Waals surface area contributed by atoms with E-state index in [0.717, 1.165) is 50.3 Å². The second-order valence-electron chi connectivity index (χ2n) is 9.86. The van der Waals surface area contributed by atoms with E-state index in [0.29, 0.717) is 0 Å². The second kappa shape index (κ2) is 12.1. The summed E-state index contributed by atoms with van der Waals surface area (Å²) in [5.41, 5.74) is 7.44. The molecule has 0 radical (unpaired) electrons. The van der Waals surface area contributed by atoms with Crippen molar-refractivity contribution in [2.24, 2.45) is 0 Å². The topological polar surface area (TPSA) is 27.5 Å². The second-order valence-corrected chi connectivity index (χ2v) is 9.86. The van der Waals surface area contributed by atoms with Crippen LogP contribution >= 0.6 is 0 Å². The van der Waals surface area contributed by atoms with Crippen LogP contribution in [0.2, 0.25) is 0 Å². The van der Waals surface area contributed by atoms with Crippen molar-refractivity contribution in [3.63, 3.8) is 0 Å². The minimum Gasteiger partial charge on any atom is -0.309 e. The van der Waals surface area contributed by atoms with Gasteiger partial charge in [0, 0.05) is 18.3 Å². The van der Waals surface area contributed by atoms with E-state index in [2.05, 4.69) is 112 Å². The summed E-state index contributed by atoms with van der Waals surface area (Å²) < 4.78 is 2.05. The fourth-order valence-corrected chi connectivity index (χ4v) is 4.10. The summed E-state index contributed by atoms with van der Waals surface area (Å²) in [5.74, 6) is 0. The van der Waals surface area contributed by atoms with Crippen molar-refractivity contribution in [3.8, 4) is 16.9 Å². The van der Waals surface area contributed by atoms with Crippen molar-refractivity contribution in [2.75, 3.05) is 55.4 Å². The fourth-order valence-electron chi connectivity index (χ4n) is 4.10. The molecule has 1 heterocycles. The first-order valence-electron chi connectivity index (χ1n) is 12.0. The van der Waals surface area contributed by atoms with E-state index in [1.54, 1.807) is 0 Å². The van der Waals surface area contributed by atoms with Gasteiger partial charge in [-0.15, -0.1) is 0 Å². The minimum absolute atomic E-state index is 0.946. The number of rotatable bonds is 12. The molecule has 0 atom stereocenters. The SMILES string of the molecule is CN(C)CCCc1ccc(-c2nn(-c3ccc(CN(C)C)cc3)cc2CCCN(C)C)cc1. The zero-order valence-electron chi connectivity index (χ0n) is 21.4. The van der Waals surface area contributed by atoms with Crippen LogP contribution in [0.4, 0.5) is 0 Å². The highest BCUT2D eigenvalue weighted by Crippen LogP contribution is 2.26. The van der Waals surface area contributed by atoms with Crippen LogP contribution in [-0.4, -0.2) is 79.9 Å². The molecule has 5 heteroatoms. The molecule has 0 bridgehead atoms. The van der Waals surface area contributed by atoms with E-state index >= 15 is 0 Å². The van der Waals surface area contributed by atoms with Crippen LogP contribution in [0.5, 0.6) is 0 Å². The smallest absolute Gasteiger partial charge is 0.0959 e. The first-order valence-corrected chi connectivity index (χ1v) is 12.0. The summed E-state index contributed by atoms with van der Waals surface area (Å²) in [6.45, 7) is 3.14. The molecule has 0 N–H and O–H groups in total. The number of aryl methyl sites for hydroxylation is 2. The molecule has 0 spiro atoms. The number of aromatic nitrogens is 2. The van der Waals surface area contributed by atoms with Gasteiger partial charge in [0.2, 0.25) is 0 Å². The fraction of sp³-hybridized carbons (Fsp3) is 0.464. The summed E-state index contributed by atoms with van der Waals surface area (Å²) in [7, 11) is 12.7. The number of hydrogen-bond acceptors (Lipinski definition) is 4. The molecule has 1 aromatic heterocycles. The van der Waals surface area contributed by atoms with Gasteiger partial charge in [0.05, 0.1) is 11.4 Å². The Hall–Kier alpha value is -2.47. The van der Waals surface area contributed by atoms with Crippen molar-refractivity contribution >= 4 is 0 Å². The van der Waals surface area contributed by atoms with Gasteiger partial charge in [-0.1, -0.05) is 36.4 Å². The monoisotopic (exact) mass is 447 g/mol. The lowest BCUT2D eigenvalue weighted by molar-refractivity contribution is 0.400. The number of hydrogen-bond donors (Lipinski definition) is 0. The zero-order chi connectivity index (χ0) is 23.8. The third-order valence-corrected chi connectivity index (χ3v) is 5.84. The van der Waals surface area contributed by atoms with Gasteiger partial charge in [0.1, 0.15) is 0 Å². The number of benzene rings is 2. The highest BCUT2D eigenvalue weighted by Gasteiger charge is 2.13. The molecule has 0 saturated heterocycles. The Kier molecular flexibility index (Phi) is 9.24. The Bertz CT molecular complexity index is 969. The van der Waals surface area contributed by atoms with E-state index in [1.807, 2.05) is 4.68 Å². The van der Waals surface area contributed by atoms with Crippen LogP contribution in [0.1, 0.15) is 29.5 Å². The van der Waals surface area contributed by atoms with Gasteiger partial charge < -0.3 is 14.7 Å². The van der Waals surface area contributed by atoms with Crippen molar-refractivity contribution in [3.05, 3.63) is 71.4 Å². The Morgan fingerprint density at radius 3 is 1.82 bits per heavy atom. The van der Waals surface area contributed by atoms with Crippen molar-refractivity contribution in [1.82, 2.24) is 24.5 Å². The van der Waals surface area contributed by atoms with E-state index in [1.165, 1.54) is 28.7 Å². The molecule has 3 rings (SSSR count). The molecule has 0 aliphatic heterocycles. The predicted octanol–water partition coefficient (Wildman–Crippen LogP) is 4.59. The average molecular weight is 448 g/mol. The maximum absolute atomic E-state index is 5.04. The Morgan fingerprint density at radius 1 is 0.667 bits per heavy atom. The molecule has 178 valence electrons. The summed E-state index contributed by atoms with van der Waals surface area (Å²) in [4.78, 5) is 6.68. The van der Waals surface area contributed by atoms with Crippen LogP contribution in [0, 0.1) is 0 Å².